The zero-order valence-electron chi connectivity index (χ0n) is 8.49. The third kappa shape index (κ3) is 3.62. The SMILES string of the molecule is Cc1cc(Cl)ccc1C#CC(C)(C)Cl. The lowest BCUT2D eigenvalue weighted by Gasteiger charge is -2.04. The fraction of sp³-hybridized carbons (Fsp3) is 0.333. The van der Waals surface area contributed by atoms with Crippen LogP contribution in [-0.2, 0) is 0 Å². The minimum absolute atomic E-state index is 0.480. The van der Waals surface area contributed by atoms with E-state index in [1.165, 1.54) is 0 Å². The van der Waals surface area contributed by atoms with Crippen LogP contribution in [0.4, 0.5) is 0 Å². The van der Waals surface area contributed by atoms with E-state index >= 15 is 0 Å². The van der Waals surface area contributed by atoms with Crippen LogP contribution in [0.15, 0.2) is 18.2 Å². The van der Waals surface area contributed by atoms with Gasteiger partial charge in [-0.1, -0.05) is 23.4 Å². The van der Waals surface area contributed by atoms with E-state index in [0.717, 1.165) is 16.1 Å². The molecule has 0 radical (unpaired) electrons. The van der Waals surface area contributed by atoms with Gasteiger partial charge in [0.1, 0.15) is 0 Å². The van der Waals surface area contributed by atoms with Crippen molar-refractivity contribution >= 4 is 23.2 Å². The third-order valence-corrected chi connectivity index (χ3v) is 2.01. The number of halogens is 2. The van der Waals surface area contributed by atoms with E-state index in [1.807, 2.05) is 39.0 Å². The summed E-state index contributed by atoms with van der Waals surface area (Å²) in [6.45, 7) is 5.72. The van der Waals surface area contributed by atoms with Crippen molar-refractivity contribution in [2.75, 3.05) is 0 Å². The Labute approximate surface area is 95.2 Å². The molecule has 0 N–H and O–H groups in total. The van der Waals surface area contributed by atoms with Crippen molar-refractivity contribution in [1.82, 2.24) is 0 Å². The van der Waals surface area contributed by atoms with Crippen LogP contribution in [0.25, 0.3) is 0 Å². The maximum atomic E-state index is 5.97. The molecule has 0 aromatic heterocycles. The van der Waals surface area contributed by atoms with Gasteiger partial charge in [0.15, 0.2) is 0 Å². The summed E-state index contributed by atoms with van der Waals surface area (Å²) in [7, 11) is 0. The first-order chi connectivity index (χ1) is 6.38. The van der Waals surface area contributed by atoms with Crippen molar-refractivity contribution in [1.29, 1.82) is 0 Å². The predicted molar refractivity (Wildman–Crippen MR) is 63.0 cm³/mol. The third-order valence-electron chi connectivity index (χ3n) is 1.68. The number of alkyl halides is 1. The van der Waals surface area contributed by atoms with Gasteiger partial charge in [-0.25, -0.2) is 0 Å². The molecule has 74 valence electrons. The Morgan fingerprint density at radius 3 is 2.43 bits per heavy atom. The zero-order valence-corrected chi connectivity index (χ0v) is 10.00. The summed E-state index contributed by atoms with van der Waals surface area (Å²) in [6.07, 6.45) is 0. The van der Waals surface area contributed by atoms with Crippen LogP contribution in [-0.4, -0.2) is 4.87 Å². The van der Waals surface area contributed by atoms with Crippen LogP contribution in [0.1, 0.15) is 25.0 Å². The van der Waals surface area contributed by atoms with Crippen molar-refractivity contribution in [2.24, 2.45) is 0 Å². The maximum absolute atomic E-state index is 5.97. The molecule has 0 saturated heterocycles. The lowest BCUT2D eigenvalue weighted by atomic mass is 10.1. The molecule has 0 spiro atoms. The fourth-order valence-corrected chi connectivity index (χ4v) is 1.26. The van der Waals surface area contributed by atoms with Gasteiger partial charge in [0.05, 0.1) is 4.87 Å². The highest BCUT2D eigenvalue weighted by atomic mass is 35.5. The van der Waals surface area contributed by atoms with Gasteiger partial charge in [0.25, 0.3) is 0 Å². The summed E-state index contributed by atoms with van der Waals surface area (Å²) in [5.41, 5.74) is 2.05. The summed E-state index contributed by atoms with van der Waals surface area (Å²) >= 11 is 11.8. The molecule has 1 rings (SSSR count). The van der Waals surface area contributed by atoms with Gasteiger partial charge in [-0.15, -0.1) is 11.6 Å². The molecular weight excluding hydrogens is 215 g/mol. The first kappa shape index (κ1) is 11.4. The number of benzene rings is 1. The van der Waals surface area contributed by atoms with Gasteiger partial charge in [0.2, 0.25) is 0 Å². The molecule has 0 heterocycles. The molecular formula is C12H12Cl2. The molecule has 0 aliphatic rings. The average molecular weight is 227 g/mol. The summed E-state index contributed by atoms with van der Waals surface area (Å²) in [6, 6.07) is 5.64. The zero-order chi connectivity index (χ0) is 10.8. The van der Waals surface area contributed by atoms with Crippen molar-refractivity contribution < 1.29 is 0 Å². The van der Waals surface area contributed by atoms with Crippen LogP contribution >= 0.6 is 23.2 Å². The van der Waals surface area contributed by atoms with Gasteiger partial charge in [-0.05, 0) is 44.5 Å². The Balaban J connectivity index is 3.02. The normalized spacial score (nSPS) is 10.6. The molecule has 0 saturated carbocycles. The Morgan fingerprint density at radius 2 is 1.93 bits per heavy atom. The van der Waals surface area contributed by atoms with E-state index < -0.39 is 4.87 Å². The number of hydrogen-bond donors (Lipinski definition) is 0. The smallest absolute Gasteiger partial charge is 0.0997 e. The highest BCUT2D eigenvalue weighted by Crippen LogP contribution is 2.15. The quantitative estimate of drug-likeness (QED) is 0.464. The van der Waals surface area contributed by atoms with E-state index in [2.05, 4.69) is 11.8 Å². The van der Waals surface area contributed by atoms with E-state index in [0.29, 0.717) is 0 Å². The number of aryl methyl sites for hydroxylation is 1. The molecule has 0 amide bonds. The molecule has 0 unspecified atom stereocenters. The van der Waals surface area contributed by atoms with Crippen LogP contribution in [0, 0.1) is 18.8 Å². The maximum Gasteiger partial charge on any atom is 0.0997 e. The van der Waals surface area contributed by atoms with Crippen LogP contribution in [0.3, 0.4) is 0 Å². The van der Waals surface area contributed by atoms with Crippen LogP contribution in [0.5, 0.6) is 0 Å². The van der Waals surface area contributed by atoms with Crippen LogP contribution < -0.4 is 0 Å². The highest BCUT2D eigenvalue weighted by molar-refractivity contribution is 6.30. The van der Waals surface area contributed by atoms with Crippen molar-refractivity contribution in [2.45, 2.75) is 25.6 Å². The standard InChI is InChI=1S/C12H12Cl2/c1-9-8-11(13)5-4-10(9)6-7-12(2,3)14/h4-5,8H,1-3H3. The Bertz CT molecular complexity index is 389. The van der Waals surface area contributed by atoms with E-state index in [4.69, 9.17) is 23.2 Å². The largest absolute Gasteiger partial charge is 0.106 e. The van der Waals surface area contributed by atoms with E-state index in [-0.39, 0.29) is 0 Å². The Morgan fingerprint density at radius 1 is 1.29 bits per heavy atom. The molecule has 1 aromatic rings. The minimum atomic E-state index is -0.480. The summed E-state index contributed by atoms with van der Waals surface area (Å²) in [5, 5.41) is 0.734. The summed E-state index contributed by atoms with van der Waals surface area (Å²) < 4.78 is 0. The molecule has 0 atom stereocenters. The van der Waals surface area contributed by atoms with E-state index in [1.54, 1.807) is 0 Å². The second-order valence-corrected chi connectivity index (χ2v) is 5.06. The molecule has 0 fully saturated rings. The molecule has 0 aliphatic carbocycles. The molecule has 14 heavy (non-hydrogen) atoms. The van der Waals surface area contributed by atoms with Crippen LogP contribution in [0.2, 0.25) is 5.02 Å². The molecule has 0 bridgehead atoms. The lowest BCUT2D eigenvalue weighted by molar-refractivity contribution is 0.917. The van der Waals surface area contributed by atoms with E-state index in [9.17, 15) is 0 Å². The number of rotatable bonds is 0. The van der Waals surface area contributed by atoms with Crippen molar-refractivity contribution in [3.8, 4) is 11.8 Å². The number of hydrogen-bond acceptors (Lipinski definition) is 0. The molecule has 0 nitrogen and oxygen atoms in total. The Kier molecular flexibility index (Phi) is 3.48. The molecule has 1 aromatic carbocycles. The molecule has 0 aliphatic heterocycles. The lowest BCUT2D eigenvalue weighted by Crippen LogP contribution is -2.04. The minimum Gasteiger partial charge on any atom is -0.106 e. The van der Waals surface area contributed by atoms with Gasteiger partial charge < -0.3 is 0 Å². The summed E-state index contributed by atoms with van der Waals surface area (Å²) in [4.78, 5) is -0.480. The van der Waals surface area contributed by atoms with Gasteiger partial charge >= 0.3 is 0 Å². The second kappa shape index (κ2) is 4.26. The second-order valence-electron chi connectivity index (χ2n) is 3.68. The Hall–Kier alpha value is -0.640. The predicted octanol–water partition coefficient (Wildman–Crippen LogP) is 4.02. The monoisotopic (exact) mass is 226 g/mol. The summed E-state index contributed by atoms with van der Waals surface area (Å²) in [5.74, 6) is 6.01. The van der Waals surface area contributed by atoms with Gasteiger partial charge in [-0.3, -0.25) is 0 Å². The topological polar surface area (TPSA) is 0 Å². The first-order valence-electron chi connectivity index (χ1n) is 4.37. The van der Waals surface area contributed by atoms with Crippen molar-refractivity contribution in [3.05, 3.63) is 34.3 Å². The molecule has 2 heteroatoms. The highest BCUT2D eigenvalue weighted by Gasteiger charge is 2.07. The fourth-order valence-electron chi connectivity index (χ4n) is 0.983. The van der Waals surface area contributed by atoms with Gasteiger partial charge in [-0.2, -0.15) is 0 Å². The average Bonchev–Trinajstić information content (AvgIpc) is 2.00. The van der Waals surface area contributed by atoms with Crippen molar-refractivity contribution in [3.63, 3.8) is 0 Å². The van der Waals surface area contributed by atoms with Gasteiger partial charge in [0, 0.05) is 10.6 Å². The first-order valence-corrected chi connectivity index (χ1v) is 5.12.